The molecule has 0 aliphatic rings. The van der Waals surface area contributed by atoms with Gasteiger partial charge in [-0.2, -0.15) is 5.10 Å². The Morgan fingerprint density at radius 2 is 1.76 bits per heavy atom. The average molecular weight is 301 g/mol. The molecule has 21 heavy (non-hydrogen) atoms. The van der Waals surface area contributed by atoms with E-state index < -0.39 is 0 Å². The first-order chi connectivity index (χ1) is 10.1. The minimum absolute atomic E-state index is 0.231. The second-order valence-corrected chi connectivity index (χ2v) is 5.22. The summed E-state index contributed by atoms with van der Waals surface area (Å²) in [7, 11) is 0. The van der Waals surface area contributed by atoms with Crippen molar-refractivity contribution >= 4 is 23.2 Å². The maximum atomic E-state index is 11.9. The number of rotatable bonds is 5. The van der Waals surface area contributed by atoms with Crippen LogP contribution < -0.4 is 5.43 Å². The number of hydrogen-bond acceptors (Lipinski definition) is 2. The van der Waals surface area contributed by atoms with Gasteiger partial charge in [0.25, 0.3) is 5.91 Å². The van der Waals surface area contributed by atoms with Crippen LogP contribution in [0, 0.1) is 0 Å². The number of hydrogen-bond donors (Lipinski definition) is 1. The lowest BCUT2D eigenvalue weighted by molar-refractivity contribution is 0.0954. The van der Waals surface area contributed by atoms with Gasteiger partial charge in [-0.15, -0.1) is 0 Å². The molecule has 0 unspecified atom stereocenters. The molecule has 0 spiro atoms. The van der Waals surface area contributed by atoms with Crippen LogP contribution in [0.25, 0.3) is 0 Å². The molecule has 0 fully saturated rings. The fourth-order valence-electron chi connectivity index (χ4n) is 1.84. The highest BCUT2D eigenvalue weighted by atomic mass is 35.5. The quantitative estimate of drug-likeness (QED) is 0.656. The van der Waals surface area contributed by atoms with Crippen molar-refractivity contribution in [3.63, 3.8) is 0 Å². The fourth-order valence-corrected chi connectivity index (χ4v) is 1.96. The van der Waals surface area contributed by atoms with Crippen molar-refractivity contribution in [2.24, 2.45) is 5.10 Å². The summed E-state index contributed by atoms with van der Waals surface area (Å²) in [4.78, 5) is 11.9. The molecule has 0 aliphatic carbocycles. The van der Waals surface area contributed by atoms with Gasteiger partial charge in [0.05, 0.1) is 0 Å². The van der Waals surface area contributed by atoms with Crippen molar-refractivity contribution in [1.82, 2.24) is 5.43 Å². The van der Waals surface area contributed by atoms with E-state index in [1.54, 1.807) is 24.3 Å². The highest BCUT2D eigenvalue weighted by molar-refractivity contribution is 6.30. The summed E-state index contributed by atoms with van der Waals surface area (Å²) in [6.07, 6.45) is 1.72. The number of carbonyl (C=O) groups is 1. The summed E-state index contributed by atoms with van der Waals surface area (Å²) in [6, 6.07) is 16.9. The van der Waals surface area contributed by atoms with Crippen LogP contribution in [-0.4, -0.2) is 11.6 Å². The molecule has 0 saturated carbocycles. The van der Waals surface area contributed by atoms with Gasteiger partial charge in [0.1, 0.15) is 0 Å². The third-order valence-corrected chi connectivity index (χ3v) is 3.32. The average Bonchev–Trinajstić information content (AvgIpc) is 2.52. The Labute approximate surface area is 129 Å². The Morgan fingerprint density at radius 3 is 2.43 bits per heavy atom. The predicted octanol–water partition coefficient (Wildman–Crippen LogP) is 4.08. The molecule has 2 rings (SSSR count). The van der Waals surface area contributed by atoms with Gasteiger partial charge in [-0.3, -0.25) is 4.79 Å². The van der Waals surface area contributed by atoms with E-state index in [4.69, 9.17) is 11.6 Å². The lowest BCUT2D eigenvalue weighted by Gasteiger charge is -2.03. The Hall–Kier alpha value is -2.13. The van der Waals surface area contributed by atoms with E-state index in [-0.39, 0.29) is 5.91 Å². The highest BCUT2D eigenvalue weighted by Crippen LogP contribution is 2.09. The number of benzene rings is 2. The summed E-state index contributed by atoms with van der Waals surface area (Å²) in [5.74, 6) is -0.231. The number of carbonyl (C=O) groups excluding carboxylic acids is 1. The zero-order valence-corrected chi connectivity index (χ0v) is 12.6. The normalized spacial score (nSPS) is 11.2. The Balaban J connectivity index is 1.85. The second kappa shape index (κ2) is 7.60. The largest absolute Gasteiger partial charge is 0.271 e. The van der Waals surface area contributed by atoms with Gasteiger partial charge in [0, 0.05) is 16.3 Å². The second-order valence-electron chi connectivity index (χ2n) is 4.78. The molecular formula is C17H17ClN2O. The highest BCUT2D eigenvalue weighted by Gasteiger charge is 2.04. The molecule has 2 aromatic carbocycles. The van der Waals surface area contributed by atoms with Crippen LogP contribution >= 0.6 is 11.6 Å². The van der Waals surface area contributed by atoms with Crippen LogP contribution in [0.15, 0.2) is 59.7 Å². The van der Waals surface area contributed by atoms with E-state index >= 15 is 0 Å². The van der Waals surface area contributed by atoms with Gasteiger partial charge in [0.2, 0.25) is 0 Å². The first-order valence-corrected chi connectivity index (χ1v) is 7.16. The van der Waals surface area contributed by atoms with Gasteiger partial charge in [0.15, 0.2) is 0 Å². The molecule has 0 aliphatic heterocycles. The van der Waals surface area contributed by atoms with Crippen molar-refractivity contribution in [2.45, 2.75) is 19.8 Å². The minimum atomic E-state index is -0.231. The maximum absolute atomic E-state index is 11.9. The molecule has 108 valence electrons. The summed E-state index contributed by atoms with van der Waals surface area (Å²) >= 11 is 5.78. The standard InChI is InChI=1S/C17H17ClN2O/c1-13(7-8-14-5-3-2-4-6-14)19-20-17(21)15-9-11-16(18)12-10-15/h2-6,9-12H,7-8H2,1H3,(H,20,21). The van der Waals surface area contributed by atoms with Crippen LogP contribution in [0.3, 0.4) is 0 Å². The zero-order chi connectivity index (χ0) is 15.1. The van der Waals surface area contributed by atoms with Crippen molar-refractivity contribution in [3.8, 4) is 0 Å². The first kappa shape index (κ1) is 15.3. The van der Waals surface area contributed by atoms with Crippen molar-refractivity contribution in [1.29, 1.82) is 0 Å². The number of halogens is 1. The first-order valence-electron chi connectivity index (χ1n) is 6.78. The summed E-state index contributed by atoms with van der Waals surface area (Å²) < 4.78 is 0. The van der Waals surface area contributed by atoms with Crippen molar-refractivity contribution < 1.29 is 4.79 Å². The van der Waals surface area contributed by atoms with Crippen LogP contribution in [-0.2, 0) is 6.42 Å². The Kier molecular flexibility index (Phi) is 5.52. The number of amides is 1. The smallest absolute Gasteiger partial charge is 0.267 e. The number of nitrogens with zero attached hydrogens (tertiary/aromatic N) is 1. The molecule has 0 radical (unpaired) electrons. The topological polar surface area (TPSA) is 41.5 Å². The molecule has 4 heteroatoms. The summed E-state index contributed by atoms with van der Waals surface area (Å²) in [5, 5.41) is 4.73. The minimum Gasteiger partial charge on any atom is -0.267 e. The predicted molar refractivity (Wildman–Crippen MR) is 86.8 cm³/mol. The van der Waals surface area contributed by atoms with E-state index in [0.29, 0.717) is 10.6 Å². The van der Waals surface area contributed by atoms with Gasteiger partial charge in [-0.25, -0.2) is 5.43 Å². The monoisotopic (exact) mass is 300 g/mol. The molecule has 0 heterocycles. The SMILES string of the molecule is CC(CCc1ccccc1)=NNC(=O)c1ccc(Cl)cc1. The summed E-state index contributed by atoms with van der Waals surface area (Å²) in [5.41, 5.74) is 5.25. The van der Waals surface area contributed by atoms with Gasteiger partial charge >= 0.3 is 0 Å². The van der Waals surface area contributed by atoms with Crippen molar-refractivity contribution in [2.75, 3.05) is 0 Å². The van der Waals surface area contributed by atoms with E-state index in [0.717, 1.165) is 18.6 Å². The fraction of sp³-hybridized carbons (Fsp3) is 0.176. The molecule has 1 amide bonds. The van der Waals surface area contributed by atoms with E-state index in [1.165, 1.54) is 5.56 Å². The van der Waals surface area contributed by atoms with Gasteiger partial charge in [-0.05, 0) is 49.6 Å². The molecule has 0 bridgehead atoms. The van der Waals surface area contributed by atoms with Gasteiger partial charge in [-0.1, -0.05) is 41.9 Å². The van der Waals surface area contributed by atoms with Gasteiger partial charge < -0.3 is 0 Å². The third-order valence-electron chi connectivity index (χ3n) is 3.07. The van der Waals surface area contributed by atoms with Crippen LogP contribution in [0.2, 0.25) is 5.02 Å². The number of nitrogens with one attached hydrogen (secondary N) is 1. The molecule has 1 N–H and O–H groups in total. The Morgan fingerprint density at radius 1 is 1.10 bits per heavy atom. The van der Waals surface area contributed by atoms with Crippen LogP contribution in [0.5, 0.6) is 0 Å². The molecular weight excluding hydrogens is 284 g/mol. The molecule has 2 aromatic rings. The van der Waals surface area contributed by atoms with Crippen LogP contribution in [0.4, 0.5) is 0 Å². The third kappa shape index (κ3) is 5.04. The number of aryl methyl sites for hydroxylation is 1. The lowest BCUT2D eigenvalue weighted by atomic mass is 10.1. The van der Waals surface area contributed by atoms with Crippen LogP contribution in [0.1, 0.15) is 29.3 Å². The van der Waals surface area contributed by atoms with E-state index in [9.17, 15) is 4.79 Å². The summed E-state index contributed by atoms with van der Waals surface area (Å²) in [6.45, 7) is 1.91. The molecule has 0 saturated heterocycles. The maximum Gasteiger partial charge on any atom is 0.271 e. The number of hydrazone groups is 1. The molecule has 0 aromatic heterocycles. The molecule has 3 nitrogen and oxygen atoms in total. The zero-order valence-electron chi connectivity index (χ0n) is 11.8. The van der Waals surface area contributed by atoms with E-state index in [1.807, 2.05) is 25.1 Å². The van der Waals surface area contributed by atoms with E-state index in [2.05, 4.69) is 22.7 Å². The lowest BCUT2D eigenvalue weighted by Crippen LogP contribution is -2.19. The molecule has 0 atom stereocenters. The van der Waals surface area contributed by atoms with Crippen molar-refractivity contribution in [3.05, 3.63) is 70.7 Å². The Bertz CT molecular complexity index is 621.